The predicted molar refractivity (Wildman–Crippen MR) is 156 cm³/mol. The maximum Gasteiger partial charge on any atom is 0.343 e. The molecular weight excluding hydrogens is 582 g/mol. The Bertz CT molecular complexity index is 1700. The number of carbonyl (C=O) groups is 2. The number of hydrazone groups is 1. The first-order valence-corrected chi connectivity index (χ1v) is 13.0. The van der Waals surface area contributed by atoms with E-state index in [1.54, 1.807) is 61.7 Å². The zero-order valence-corrected chi connectivity index (χ0v) is 22.9. The third-order valence-electron chi connectivity index (χ3n) is 5.93. The number of esters is 1. The lowest BCUT2D eigenvalue weighted by atomic mass is 10.0. The van der Waals surface area contributed by atoms with E-state index in [0.29, 0.717) is 44.4 Å². The standard InChI is InChI=1S/C30H21BrClN3O4/c1-38-22-13-11-19(12-14-22)30(37)39-25-10-6-5-9-20(25)17-33-35-29(36)28-26(18-7-3-2-4-8-18)23-15-21(31)16-24(32)27(23)34-28/h2-17,34H,1H3,(H,35,36). The first-order valence-electron chi connectivity index (χ1n) is 11.8. The third-order valence-corrected chi connectivity index (χ3v) is 6.69. The number of amides is 1. The predicted octanol–water partition coefficient (Wildman–Crippen LogP) is 7.24. The monoisotopic (exact) mass is 601 g/mol. The van der Waals surface area contributed by atoms with Gasteiger partial charge < -0.3 is 14.5 Å². The number of carbonyl (C=O) groups excluding carboxylic acids is 2. The van der Waals surface area contributed by atoms with Gasteiger partial charge in [0.15, 0.2) is 0 Å². The van der Waals surface area contributed by atoms with Gasteiger partial charge in [0, 0.05) is 21.0 Å². The Morgan fingerprint density at radius 1 is 0.974 bits per heavy atom. The summed E-state index contributed by atoms with van der Waals surface area (Å²) in [7, 11) is 1.55. The molecule has 5 aromatic rings. The topological polar surface area (TPSA) is 92.8 Å². The fourth-order valence-electron chi connectivity index (χ4n) is 4.08. The molecule has 4 aromatic carbocycles. The van der Waals surface area contributed by atoms with Gasteiger partial charge in [-0.2, -0.15) is 5.10 Å². The number of halogens is 2. The van der Waals surface area contributed by atoms with Crippen LogP contribution in [0.2, 0.25) is 5.02 Å². The minimum atomic E-state index is -0.531. The SMILES string of the molecule is COc1ccc(C(=O)Oc2ccccc2C=NNC(=O)c2[nH]c3c(Cl)cc(Br)cc3c2-c2ccccc2)cc1. The Morgan fingerprint density at radius 3 is 2.44 bits per heavy atom. The van der Waals surface area contributed by atoms with Gasteiger partial charge in [-0.15, -0.1) is 0 Å². The van der Waals surface area contributed by atoms with Crippen molar-refractivity contribution < 1.29 is 19.1 Å². The molecule has 0 spiro atoms. The summed E-state index contributed by atoms with van der Waals surface area (Å²) in [5.74, 6) is -0.0593. The second kappa shape index (κ2) is 11.6. The molecule has 0 aliphatic rings. The van der Waals surface area contributed by atoms with E-state index in [1.165, 1.54) is 6.21 Å². The maximum atomic E-state index is 13.3. The smallest absolute Gasteiger partial charge is 0.343 e. The number of nitrogens with zero attached hydrogens (tertiary/aromatic N) is 1. The van der Waals surface area contributed by atoms with Gasteiger partial charge in [0.25, 0.3) is 5.91 Å². The Hall–Kier alpha value is -4.40. The van der Waals surface area contributed by atoms with Crippen LogP contribution in [-0.4, -0.2) is 30.2 Å². The van der Waals surface area contributed by atoms with Crippen molar-refractivity contribution >= 4 is 56.5 Å². The van der Waals surface area contributed by atoms with Gasteiger partial charge in [0.1, 0.15) is 17.2 Å². The summed E-state index contributed by atoms with van der Waals surface area (Å²) in [6, 6.07) is 26.7. The molecule has 0 aliphatic heterocycles. The number of hydrogen-bond donors (Lipinski definition) is 2. The number of benzene rings is 4. The van der Waals surface area contributed by atoms with Crippen molar-refractivity contribution in [3.05, 3.63) is 117 Å². The second-order valence-electron chi connectivity index (χ2n) is 8.41. The van der Waals surface area contributed by atoms with E-state index in [4.69, 9.17) is 21.1 Å². The minimum Gasteiger partial charge on any atom is -0.497 e. The number of aromatic nitrogens is 1. The normalized spacial score (nSPS) is 11.1. The largest absolute Gasteiger partial charge is 0.497 e. The summed E-state index contributed by atoms with van der Waals surface area (Å²) in [4.78, 5) is 29.1. The molecule has 0 aliphatic carbocycles. The van der Waals surface area contributed by atoms with Crippen molar-refractivity contribution in [2.45, 2.75) is 0 Å². The number of rotatable bonds is 7. The first kappa shape index (κ1) is 26.2. The highest BCUT2D eigenvalue weighted by molar-refractivity contribution is 9.10. The number of nitrogens with one attached hydrogen (secondary N) is 2. The van der Waals surface area contributed by atoms with E-state index in [2.05, 4.69) is 31.4 Å². The van der Waals surface area contributed by atoms with Crippen LogP contribution in [-0.2, 0) is 0 Å². The second-order valence-corrected chi connectivity index (χ2v) is 9.73. The van der Waals surface area contributed by atoms with Crippen LogP contribution in [0, 0.1) is 0 Å². The summed E-state index contributed by atoms with van der Waals surface area (Å²) in [5.41, 5.74) is 5.95. The Kier molecular flexibility index (Phi) is 7.76. The van der Waals surface area contributed by atoms with E-state index < -0.39 is 11.9 Å². The number of hydrogen-bond acceptors (Lipinski definition) is 5. The lowest BCUT2D eigenvalue weighted by molar-refractivity contribution is 0.0734. The van der Waals surface area contributed by atoms with Crippen LogP contribution in [0.25, 0.3) is 22.0 Å². The number of para-hydroxylation sites is 1. The zero-order chi connectivity index (χ0) is 27.4. The molecule has 0 radical (unpaired) electrons. The van der Waals surface area contributed by atoms with Crippen LogP contribution in [0.1, 0.15) is 26.4 Å². The van der Waals surface area contributed by atoms with Gasteiger partial charge in [0.05, 0.1) is 29.4 Å². The number of ether oxygens (including phenoxy) is 2. The van der Waals surface area contributed by atoms with Crippen LogP contribution in [0.15, 0.2) is 101 Å². The minimum absolute atomic E-state index is 0.295. The van der Waals surface area contributed by atoms with Crippen molar-refractivity contribution in [3.63, 3.8) is 0 Å². The summed E-state index contributed by atoms with van der Waals surface area (Å²) in [5, 5.41) is 5.41. The molecular formula is C30H21BrClN3O4. The first-order chi connectivity index (χ1) is 18.9. The molecule has 0 atom stereocenters. The van der Waals surface area contributed by atoms with Crippen molar-refractivity contribution in [3.8, 4) is 22.6 Å². The van der Waals surface area contributed by atoms with Crippen molar-refractivity contribution in [1.29, 1.82) is 0 Å². The molecule has 0 fully saturated rings. The van der Waals surface area contributed by atoms with Gasteiger partial charge in [-0.3, -0.25) is 4.79 Å². The molecule has 1 aromatic heterocycles. The van der Waals surface area contributed by atoms with E-state index in [1.807, 2.05) is 36.4 Å². The van der Waals surface area contributed by atoms with E-state index in [0.717, 1.165) is 15.4 Å². The van der Waals surface area contributed by atoms with Crippen molar-refractivity contribution in [2.75, 3.05) is 7.11 Å². The Labute approximate surface area is 237 Å². The molecule has 5 rings (SSSR count). The molecule has 2 N–H and O–H groups in total. The van der Waals surface area contributed by atoms with Crippen molar-refractivity contribution in [2.24, 2.45) is 5.10 Å². The quantitative estimate of drug-likeness (QED) is 0.0889. The van der Waals surface area contributed by atoms with Crippen molar-refractivity contribution in [1.82, 2.24) is 10.4 Å². The average molecular weight is 603 g/mol. The number of H-pyrrole nitrogens is 1. The van der Waals surface area contributed by atoms with Crippen LogP contribution in [0.4, 0.5) is 0 Å². The van der Waals surface area contributed by atoms with Gasteiger partial charge in [-0.05, 0) is 54.1 Å². The molecule has 0 bridgehead atoms. The molecule has 1 heterocycles. The maximum absolute atomic E-state index is 13.3. The van der Waals surface area contributed by atoms with Gasteiger partial charge >= 0.3 is 5.97 Å². The van der Waals surface area contributed by atoms with E-state index in [9.17, 15) is 9.59 Å². The van der Waals surface area contributed by atoms with E-state index >= 15 is 0 Å². The zero-order valence-electron chi connectivity index (χ0n) is 20.6. The van der Waals surface area contributed by atoms with Gasteiger partial charge in [-0.25, -0.2) is 10.2 Å². The third kappa shape index (κ3) is 5.72. The van der Waals surface area contributed by atoms with Gasteiger partial charge in [0.2, 0.25) is 0 Å². The molecule has 1 amide bonds. The molecule has 39 heavy (non-hydrogen) atoms. The van der Waals surface area contributed by atoms with Crippen LogP contribution in [0.5, 0.6) is 11.5 Å². The van der Waals surface area contributed by atoms with Crippen LogP contribution in [0.3, 0.4) is 0 Å². The lowest BCUT2D eigenvalue weighted by Crippen LogP contribution is -2.19. The molecule has 7 nitrogen and oxygen atoms in total. The van der Waals surface area contributed by atoms with Crippen LogP contribution >= 0.6 is 27.5 Å². The fourth-order valence-corrected chi connectivity index (χ4v) is 4.93. The highest BCUT2D eigenvalue weighted by atomic mass is 79.9. The van der Waals surface area contributed by atoms with Crippen LogP contribution < -0.4 is 14.9 Å². The number of aromatic amines is 1. The van der Waals surface area contributed by atoms with E-state index in [-0.39, 0.29) is 0 Å². The molecule has 0 saturated heterocycles. The average Bonchev–Trinajstić information content (AvgIpc) is 3.34. The summed E-state index contributed by atoms with van der Waals surface area (Å²) < 4.78 is 11.5. The van der Waals surface area contributed by atoms with Gasteiger partial charge in [-0.1, -0.05) is 70.0 Å². The fraction of sp³-hybridized carbons (Fsp3) is 0.0333. The molecule has 9 heteroatoms. The highest BCUT2D eigenvalue weighted by Crippen LogP contribution is 2.37. The highest BCUT2D eigenvalue weighted by Gasteiger charge is 2.21. The number of fused-ring (bicyclic) bond motifs is 1. The number of methoxy groups -OCH3 is 1. The molecule has 194 valence electrons. The molecule has 0 unspecified atom stereocenters. The Balaban J connectivity index is 1.39. The summed E-state index contributed by atoms with van der Waals surface area (Å²) in [6.45, 7) is 0. The summed E-state index contributed by atoms with van der Waals surface area (Å²) in [6.07, 6.45) is 1.42. The lowest BCUT2D eigenvalue weighted by Gasteiger charge is -2.08. The Morgan fingerprint density at radius 2 is 1.69 bits per heavy atom. The molecule has 0 saturated carbocycles. The summed E-state index contributed by atoms with van der Waals surface area (Å²) >= 11 is 9.96.